The first-order valence-corrected chi connectivity index (χ1v) is 8.40. The van der Waals surface area contributed by atoms with E-state index < -0.39 is 10.0 Å². The Morgan fingerprint density at radius 3 is 2.71 bits per heavy atom. The maximum absolute atomic E-state index is 12.2. The first-order chi connectivity index (χ1) is 10.1. The van der Waals surface area contributed by atoms with Gasteiger partial charge >= 0.3 is 0 Å². The Bertz CT molecular complexity index is 607. The van der Waals surface area contributed by atoms with Gasteiger partial charge in [-0.2, -0.15) is 0 Å². The van der Waals surface area contributed by atoms with Crippen LogP contribution in [0.1, 0.15) is 24.8 Å². The summed E-state index contributed by atoms with van der Waals surface area (Å²) in [5.74, 6) is 5.65. The molecule has 0 aliphatic carbocycles. The Hall–Kier alpha value is -1.39. The van der Waals surface area contributed by atoms with Crippen molar-refractivity contribution in [2.45, 2.75) is 30.2 Å². The smallest absolute Gasteiger partial charge is 0.240 e. The molecule has 114 valence electrons. The molecule has 1 unspecified atom stereocenters. The van der Waals surface area contributed by atoms with Crippen molar-refractivity contribution in [1.29, 1.82) is 0 Å². The molecule has 1 atom stereocenters. The molecule has 0 radical (unpaired) electrons. The lowest BCUT2D eigenvalue weighted by Gasteiger charge is -2.22. The van der Waals surface area contributed by atoms with Crippen molar-refractivity contribution < 1.29 is 18.3 Å². The van der Waals surface area contributed by atoms with Gasteiger partial charge in [0.15, 0.2) is 0 Å². The van der Waals surface area contributed by atoms with Crippen LogP contribution in [0.15, 0.2) is 29.2 Å². The lowest BCUT2D eigenvalue weighted by molar-refractivity contribution is 0.0774. The highest BCUT2D eigenvalue weighted by molar-refractivity contribution is 7.89. The van der Waals surface area contributed by atoms with E-state index in [9.17, 15) is 8.42 Å². The Kier molecular flexibility index (Phi) is 5.76. The maximum Gasteiger partial charge on any atom is 0.240 e. The van der Waals surface area contributed by atoms with Crippen LogP contribution < -0.4 is 4.72 Å². The summed E-state index contributed by atoms with van der Waals surface area (Å²) >= 11 is 0. The molecule has 0 spiro atoms. The molecule has 0 aromatic heterocycles. The number of rotatable bonds is 4. The number of aliphatic hydroxyl groups is 1. The standard InChI is InChI=1S/C15H19NO4S/c17-10-2-1-4-13-6-8-15(9-7-13)21(18,19)16-14-5-3-11-20-12-14/h6-9,14,16-17H,2-3,5,10-12H2. The summed E-state index contributed by atoms with van der Waals surface area (Å²) in [6.07, 6.45) is 2.07. The third-order valence-electron chi connectivity index (χ3n) is 3.12. The minimum Gasteiger partial charge on any atom is -0.395 e. The average molecular weight is 309 g/mol. The second-order valence-electron chi connectivity index (χ2n) is 4.84. The molecule has 1 heterocycles. The molecule has 0 amide bonds. The number of sulfonamides is 1. The van der Waals surface area contributed by atoms with Crippen LogP contribution in [0.3, 0.4) is 0 Å². The molecule has 1 aliphatic rings. The van der Waals surface area contributed by atoms with E-state index in [1.165, 1.54) is 12.1 Å². The predicted molar refractivity (Wildman–Crippen MR) is 79.2 cm³/mol. The van der Waals surface area contributed by atoms with Crippen molar-refractivity contribution in [2.24, 2.45) is 0 Å². The summed E-state index contributed by atoms with van der Waals surface area (Å²) in [7, 11) is -3.52. The average Bonchev–Trinajstić information content (AvgIpc) is 2.49. The molecule has 0 saturated carbocycles. The fourth-order valence-electron chi connectivity index (χ4n) is 2.06. The van der Waals surface area contributed by atoms with Crippen LogP contribution in [0, 0.1) is 11.8 Å². The van der Waals surface area contributed by atoms with E-state index in [1.54, 1.807) is 12.1 Å². The van der Waals surface area contributed by atoms with Crippen molar-refractivity contribution in [3.05, 3.63) is 29.8 Å². The van der Waals surface area contributed by atoms with Gasteiger partial charge in [0.05, 0.1) is 18.1 Å². The van der Waals surface area contributed by atoms with Gasteiger partial charge in [-0.3, -0.25) is 0 Å². The molecule has 5 nitrogen and oxygen atoms in total. The molecule has 0 bridgehead atoms. The number of nitrogens with one attached hydrogen (secondary N) is 1. The van der Waals surface area contributed by atoms with E-state index in [2.05, 4.69) is 16.6 Å². The van der Waals surface area contributed by atoms with Crippen molar-refractivity contribution in [3.8, 4) is 11.8 Å². The molecule has 6 heteroatoms. The van der Waals surface area contributed by atoms with Crippen molar-refractivity contribution >= 4 is 10.0 Å². The lowest BCUT2D eigenvalue weighted by Crippen LogP contribution is -2.40. The highest BCUT2D eigenvalue weighted by Gasteiger charge is 2.21. The van der Waals surface area contributed by atoms with Gasteiger partial charge < -0.3 is 9.84 Å². The third kappa shape index (κ3) is 4.83. The van der Waals surface area contributed by atoms with E-state index in [4.69, 9.17) is 9.84 Å². The molecule has 1 aromatic carbocycles. The summed E-state index contributed by atoms with van der Waals surface area (Å²) in [6, 6.07) is 6.24. The van der Waals surface area contributed by atoms with Crippen LogP contribution in [-0.4, -0.2) is 39.4 Å². The monoisotopic (exact) mass is 309 g/mol. The first-order valence-electron chi connectivity index (χ1n) is 6.92. The number of hydrogen-bond acceptors (Lipinski definition) is 4. The minimum atomic E-state index is -3.52. The Labute approximate surface area is 125 Å². The summed E-state index contributed by atoms with van der Waals surface area (Å²) in [5.41, 5.74) is 0.725. The number of benzene rings is 1. The van der Waals surface area contributed by atoms with Crippen LogP contribution in [0.25, 0.3) is 0 Å². The summed E-state index contributed by atoms with van der Waals surface area (Å²) in [6.45, 7) is 1.14. The summed E-state index contributed by atoms with van der Waals surface area (Å²) in [4.78, 5) is 0.223. The number of ether oxygens (including phenoxy) is 1. The van der Waals surface area contributed by atoms with Gasteiger partial charge in [-0.15, -0.1) is 0 Å². The topological polar surface area (TPSA) is 75.6 Å². The zero-order chi connectivity index (χ0) is 15.1. The van der Waals surface area contributed by atoms with E-state index in [0.717, 1.165) is 18.4 Å². The molecule has 1 aliphatic heterocycles. The van der Waals surface area contributed by atoms with Crippen LogP contribution >= 0.6 is 0 Å². The molecule has 2 rings (SSSR count). The predicted octanol–water partition coefficient (Wildman–Crippen LogP) is 0.878. The van der Waals surface area contributed by atoms with Gasteiger partial charge in [-0.1, -0.05) is 11.8 Å². The highest BCUT2D eigenvalue weighted by atomic mass is 32.2. The Morgan fingerprint density at radius 2 is 2.10 bits per heavy atom. The minimum absolute atomic E-state index is 0.0207. The molecule has 1 fully saturated rings. The van der Waals surface area contributed by atoms with E-state index in [1.807, 2.05) is 0 Å². The Balaban J connectivity index is 2.04. The van der Waals surface area contributed by atoms with Gasteiger partial charge in [0.2, 0.25) is 10.0 Å². The second-order valence-corrected chi connectivity index (χ2v) is 6.55. The maximum atomic E-state index is 12.2. The van der Waals surface area contributed by atoms with E-state index in [0.29, 0.717) is 19.6 Å². The van der Waals surface area contributed by atoms with Gasteiger partial charge in [0.1, 0.15) is 0 Å². The van der Waals surface area contributed by atoms with Crippen molar-refractivity contribution in [1.82, 2.24) is 4.72 Å². The van der Waals surface area contributed by atoms with E-state index >= 15 is 0 Å². The highest BCUT2D eigenvalue weighted by Crippen LogP contribution is 2.13. The van der Waals surface area contributed by atoms with Crippen LogP contribution in [0.2, 0.25) is 0 Å². The summed E-state index contributed by atoms with van der Waals surface area (Å²) in [5, 5.41) is 8.65. The van der Waals surface area contributed by atoms with Crippen LogP contribution in [0.4, 0.5) is 0 Å². The molecule has 21 heavy (non-hydrogen) atoms. The van der Waals surface area contributed by atoms with Crippen molar-refractivity contribution in [3.63, 3.8) is 0 Å². The fourth-order valence-corrected chi connectivity index (χ4v) is 3.31. The molecular weight excluding hydrogens is 290 g/mol. The largest absolute Gasteiger partial charge is 0.395 e. The number of hydrogen-bond donors (Lipinski definition) is 2. The van der Waals surface area contributed by atoms with Crippen LogP contribution in [-0.2, 0) is 14.8 Å². The first kappa shape index (κ1) is 16.0. The SMILES string of the molecule is O=S(=O)(NC1CCCOC1)c1ccc(C#CCCO)cc1. The van der Waals surface area contributed by atoms with Gasteiger partial charge in [-0.25, -0.2) is 13.1 Å². The summed E-state index contributed by atoms with van der Waals surface area (Å²) < 4.78 is 32.4. The van der Waals surface area contributed by atoms with E-state index in [-0.39, 0.29) is 17.5 Å². The van der Waals surface area contributed by atoms with Crippen LogP contribution in [0.5, 0.6) is 0 Å². The fraction of sp³-hybridized carbons (Fsp3) is 0.467. The zero-order valence-corrected chi connectivity index (χ0v) is 12.5. The molecular formula is C15H19NO4S. The van der Waals surface area contributed by atoms with Gasteiger partial charge in [0, 0.05) is 24.6 Å². The Morgan fingerprint density at radius 1 is 1.33 bits per heavy atom. The molecule has 1 aromatic rings. The molecule has 2 N–H and O–H groups in total. The van der Waals surface area contributed by atoms with Crippen molar-refractivity contribution in [2.75, 3.05) is 19.8 Å². The normalized spacial score (nSPS) is 18.8. The number of aliphatic hydroxyl groups excluding tert-OH is 1. The van der Waals surface area contributed by atoms with Gasteiger partial charge in [0.25, 0.3) is 0 Å². The van der Waals surface area contributed by atoms with Gasteiger partial charge in [-0.05, 0) is 37.1 Å². The second kappa shape index (κ2) is 7.57. The quantitative estimate of drug-likeness (QED) is 0.810. The lowest BCUT2D eigenvalue weighted by atomic mass is 10.1. The molecule has 1 saturated heterocycles. The third-order valence-corrected chi connectivity index (χ3v) is 4.65. The zero-order valence-electron chi connectivity index (χ0n) is 11.7.